The molecular weight excluding hydrogens is 169 g/mol. The van der Waals surface area contributed by atoms with Gasteiger partial charge in [-0.1, -0.05) is 0 Å². The predicted octanol–water partition coefficient (Wildman–Crippen LogP) is 0.251. The highest BCUT2D eigenvalue weighted by molar-refractivity contribution is 7.84. The number of hydrogen-bond donors (Lipinski definition) is 1. The Balaban J connectivity index is 3.35. The van der Waals surface area contributed by atoms with E-state index in [0.29, 0.717) is 0 Å². The van der Waals surface area contributed by atoms with E-state index in [1.165, 1.54) is 6.26 Å². The molecule has 0 aromatic carbocycles. The van der Waals surface area contributed by atoms with Gasteiger partial charge in [0.25, 0.3) is 0 Å². The molecule has 11 heavy (non-hydrogen) atoms. The molecule has 0 amide bonds. The Bertz CT molecular complexity index is 347. The zero-order chi connectivity index (χ0) is 8.43. The molecule has 0 radical (unpaired) electrons. The maximum Gasteiger partial charge on any atom is 0.249 e. The van der Waals surface area contributed by atoms with Crippen molar-refractivity contribution in [1.82, 2.24) is 4.98 Å². The molecule has 0 unspecified atom stereocenters. The number of nitrogens with one attached hydrogen (secondary N) is 1. The summed E-state index contributed by atoms with van der Waals surface area (Å²) in [4.78, 5) is 12.7. The number of H-pyrrole nitrogens is 1. The normalized spacial score (nSPS) is 12.9. The molecule has 1 aromatic heterocycles. The SMILES string of the molecule is C[S@@](=O)c1cc(=O)[nH]cc1F. The van der Waals surface area contributed by atoms with Crippen molar-refractivity contribution in [3.8, 4) is 0 Å². The van der Waals surface area contributed by atoms with E-state index in [1.807, 2.05) is 0 Å². The second-order valence-electron chi connectivity index (χ2n) is 1.96. The molecule has 0 saturated heterocycles. The Morgan fingerprint density at radius 1 is 1.64 bits per heavy atom. The Hall–Kier alpha value is -0.970. The standard InChI is InChI=1S/C6H6FNO2S/c1-11(10)5-2-6(9)8-3-4(5)7/h2-3H,1H3,(H,8,9)/t11-/m1/s1. The van der Waals surface area contributed by atoms with Crippen molar-refractivity contribution < 1.29 is 8.60 Å². The largest absolute Gasteiger partial charge is 0.326 e. The van der Waals surface area contributed by atoms with Crippen LogP contribution < -0.4 is 5.56 Å². The second-order valence-corrected chi connectivity index (χ2v) is 3.31. The molecule has 1 rings (SSSR count). The molecule has 0 aliphatic heterocycles. The average Bonchev–Trinajstić information content (AvgIpc) is 1.94. The number of aromatic amines is 1. The van der Waals surface area contributed by atoms with Gasteiger partial charge in [0.1, 0.15) is 0 Å². The van der Waals surface area contributed by atoms with Gasteiger partial charge in [-0.3, -0.25) is 9.00 Å². The van der Waals surface area contributed by atoms with Crippen LogP contribution in [0.5, 0.6) is 0 Å². The molecule has 60 valence electrons. The van der Waals surface area contributed by atoms with Crippen LogP contribution in [0.2, 0.25) is 0 Å². The third-order valence-electron chi connectivity index (χ3n) is 1.15. The van der Waals surface area contributed by atoms with E-state index >= 15 is 0 Å². The lowest BCUT2D eigenvalue weighted by atomic mass is 10.5. The van der Waals surface area contributed by atoms with Gasteiger partial charge in [0.15, 0.2) is 5.82 Å². The molecule has 0 saturated carbocycles. The molecule has 0 spiro atoms. The topological polar surface area (TPSA) is 49.9 Å². The van der Waals surface area contributed by atoms with Gasteiger partial charge in [0.05, 0.1) is 15.7 Å². The van der Waals surface area contributed by atoms with Crippen molar-refractivity contribution in [2.24, 2.45) is 0 Å². The Morgan fingerprint density at radius 2 is 2.27 bits per heavy atom. The van der Waals surface area contributed by atoms with Crippen molar-refractivity contribution >= 4 is 10.8 Å². The minimum Gasteiger partial charge on any atom is -0.326 e. The molecule has 1 heterocycles. The fraction of sp³-hybridized carbons (Fsp3) is 0.167. The zero-order valence-corrected chi connectivity index (χ0v) is 6.57. The average molecular weight is 175 g/mol. The van der Waals surface area contributed by atoms with Crippen LogP contribution in [0.25, 0.3) is 0 Å². The van der Waals surface area contributed by atoms with Gasteiger partial charge in [-0.25, -0.2) is 4.39 Å². The highest BCUT2D eigenvalue weighted by Crippen LogP contribution is 2.05. The number of rotatable bonds is 1. The van der Waals surface area contributed by atoms with Crippen LogP contribution in [0.4, 0.5) is 4.39 Å². The molecule has 3 nitrogen and oxygen atoms in total. The lowest BCUT2D eigenvalue weighted by Crippen LogP contribution is -2.07. The third kappa shape index (κ3) is 1.74. The molecule has 0 aliphatic carbocycles. The van der Waals surface area contributed by atoms with Crippen LogP contribution in [-0.4, -0.2) is 15.4 Å². The van der Waals surface area contributed by atoms with Crippen molar-refractivity contribution in [2.45, 2.75) is 4.90 Å². The molecule has 1 aromatic rings. The molecule has 5 heteroatoms. The summed E-state index contributed by atoms with van der Waals surface area (Å²) in [5.41, 5.74) is -0.448. The summed E-state index contributed by atoms with van der Waals surface area (Å²) >= 11 is 0. The quantitative estimate of drug-likeness (QED) is 0.665. The van der Waals surface area contributed by atoms with Crippen LogP contribution in [0.1, 0.15) is 0 Å². The maximum atomic E-state index is 12.7. The summed E-state index contributed by atoms with van der Waals surface area (Å²) in [6.07, 6.45) is 2.22. The maximum absolute atomic E-state index is 12.7. The number of halogens is 1. The van der Waals surface area contributed by atoms with Gasteiger partial charge >= 0.3 is 0 Å². The summed E-state index contributed by atoms with van der Waals surface area (Å²) in [6, 6.07) is 0.992. The van der Waals surface area contributed by atoms with Crippen molar-refractivity contribution in [2.75, 3.05) is 6.26 Å². The van der Waals surface area contributed by atoms with Gasteiger partial charge in [0, 0.05) is 18.5 Å². The van der Waals surface area contributed by atoms with Crippen LogP contribution >= 0.6 is 0 Å². The summed E-state index contributed by atoms with van der Waals surface area (Å²) in [7, 11) is -1.45. The first-order valence-electron chi connectivity index (χ1n) is 2.83. The van der Waals surface area contributed by atoms with Crippen molar-refractivity contribution in [3.63, 3.8) is 0 Å². The first-order chi connectivity index (χ1) is 5.11. The molecular formula is C6H6FNO2S. The van der Waals surface area contributed by atoms with Crippen molar-refractivity contribution in [3.05, 3.63) is 28.4 Å². The monoisotopic (exact) mass is 175 g/mol. The van der Waals surface area contributed by atoms with Gasteiger partial charge < -0.3 is 4.98 Å². The van der Waals surface area contributed by atoms with Crippen LogP contribution in [0.15, 0.2) is 22.0 Å². The van der Waals surface area contributed by atoms with Gasteiger partial charge in [-0.2, -0.15) is 0 Å². The number of hydrogen-bond acceptors (Lipinski definition) is 2. The highest BCUT2D eigenvalue weighted by atomic mass is 32.2. The van der Waals surface area contributed by atoms with E-state index in [9.17, 15) is 13.4 Å². The van der Waals surface area contributed by atoms with E-state index < -0.39 is 22.2 Å². The number of pyridine rings is 1. The van der Waals surface area contributed by atoms with Crippen molar-refractivity contribution in [1.29, 1.82) is 0 Å². The summed E-state index contributed by atoms with van der Waals surface area (Å²) < 4.78 is 23.4. The van der Waals surface area contributed by atoms with E-state index in [-0.39, 0.29) is 4.90 Å². The second kappa shape index (κ2) is 2.96. The van der Waals surface area contributed by atoms with Crippen LogP contribution in [0, 0.1) is 5.82 Å². The lowest BCUT2D eigenvalue weighted by Gasteiger charge is -1.94. The van der Waals surface area contributed by atoms with E-state index in [1.54, 1.807) is 0 Å². The third-order valence-corrected chi connectivity index (χ3v) is 2.08. The minimum absolute atomic E-state index is 0.0613. The molecule has 1 atom stereocenters. The number of aromatic nitrogens is 1. The summed E-state index contributed by atoms with van der Waals surface area (Å²) in [6.45, 7) is 0. The summed E-state index contributed by atoms with van der Waals surface area (Å²) in [5, 5.41) is 0. The van der Waals surface area contributed by atoms with Gasteiger partial charge in [-0.15, -0.1) is 0 Å². The molecule has 0 aliphatic rings. The van der Waals surface area contributed by atoms with Crippen LogP contribution in [0.3, 0.4) is 0 Å². The predicted molar refractivity (Wildman–Crippen MR) is 39.4 cm³/mol. The van der Waals surface area contributed by atoms with E-state index in [4.69, 9.17) is 0 Å². The van der Waals surface area contributed by atoms with E-state index in [0.717, 1.165) is 12.3 Å². The Kier molecular flexibility index (Phi) is 2.19. The fourth-order valence-electron chi connectivity index (χ4n) is 0.656. The molecule has 0 fully saturated rings. The molecule has 0 bridgehead atoms. The highest BCUT2D eigenvalue weighted by Gasteiger charge is 2.05. The molecule has 1 N–H and O–H groups in total. The van der Waals surface area contributed by atoms with Crippen LogP contribution in [-0.2, 0) is 10.8 Å². The Morgan fingerprint density at radius 3 is 2.73 bits per heavy atom. The minimum atomic E-state index is -1.45. The Labute approximate surface area is 64.7 Å². The van der Waals surface area contributed by atoms with E-state index in [2.05, 4.69) is 4.98 Å². The first-order valence-corrected chi connectivity index (χ1v) is 4.38. The fourth-order valence-corrected chi connectivity index (χ4v) is 1.26. The summed E-state index contributed by atoms with van der Waals surface area (Å²) in [5.74, 6) is -0.648. The first kappa shape index (κ1) is 8.13. The smallest absolute Gasteiger partial charge is 0.249 e. The lowest BCUT2D eigenvalue weighted by molar-refractivity contribution is 0.587. The zero-order valence-electron chi connectivity index (χ0n) is 5.76. The van der Waals surface area contributed by atoms with Gasteiger partial charge in [0.2, 0.25) is 5.56 Å². The van der Waals surface area contributed by atoms with Gasteiger partial charge in [-0.05, 0) is 0 Å².